The van der Waals surface area contributed by atoms with E-state index < -0.39 is 6.04 Å². The van der Waals surface area contributed by atoms with Crippen LogP contribution in [0.15, 0.2) is 30.7 Å². The second-order valence-electron chi connectivity index (χ2n) is 4.98. The van der Waals surface area contributed by atoms with Crippen LogP contribution in [-0.4, -0.2) is 26.5 Å². The summed E-state index contributed by atoms with van der Waals surface area (Å²) in [7, 11) is 0. The van der Waals surface area contributed by atoms with Crippen molar-refractivity contribution in [1.29, 1.82) is 0 Å². The van der Waals surface area contributed by atoms with Crippen molar-refractivity contribution < 1.29 is 4.79 Å². The van der Waals surface area contributed by atoms with Crippen LogP contribution in [0.2, 0.25) is 0 Å². The average Bonchev–Trinajstić information content (AvgIpc) is 2.84. The lowest BCUT2D eigenvalue weighted by atomic mass is 10.1. The minimum Gasteiger partial charge on any atom is -0.322 e. The molecule has 2 rings (SSSR count). The summed E-state index contributed by atoms with van der Waals surface area (Å²) >= 11 is 0. The fraction of sp³-hybridized carbons (Fsp3) is 0.357. The highest BCUT2D eigenvalue weighted by molar-refractivity contribution is 5.96. The number of aromatic nitrogens is 3. The quantitative estimate of drug-likeness (QED) is 0.884. The largest absolute Gasteiger partial charge is 0.322 e. The van der Waals surface area contributed by atoms with E-state index in [4.69, 9.17) is 5.73 Å². The number of carbonyl (C=O) groups excluding carboxylic acids is 1. The molecular weight excluding hydrogens is 254 g/mol. The van der Waals surface area contributed by atoms with Crippen LogP contribution in [0.4, 0.5) is 5.69 Å². The molecule has 0 fully saturated rings. The van der Waals surface area contributed by atoms with Gasteiger partial charge in [-0.15, -0.1) is 0 Å². The third-order valence-corrected chi connectivity index (χ3v) is 3.12. The molecule has 0 bridgehead atoms. The average molecular weight is 273 g/mol. The molecule has 0 aliphatic heterocycles. The van der Waals surface area contributed by atoms with Crippen LogP contribution in [0, 0.1) is 12.8 Å². The van der Waals surface area contributed by atoms with E-state index in [9.17, 15) is 4.79 Å². The van der Waals surface area contributed by atoms with E-state index in [1.807, 2.05) is 25.3 Å². The lowest BCUT2D eigenvalue weighted by molar-refractivity contribution is -0.118. The van der Waals surface area contributed by atoms with Crippen LogP contribution in [0.3, 0.4) is 0 Å². The van der Waals surface area contributed by atoms with Crippen molar-refractivity contribution in [3.8, 4) is 5.82 Å². The Bertz CT molecular complexity index is 605. The van der Waals surface area contributed by atoms with Gasteiger partial charge >= 0.3 is 0 Å². The highest BCUT2D eigenvalue weighted by Gasteiger charge is 2.19. The van der Waals surface area contributed by atoms with Crippen LogP contribution in [0.1, 0.15) is 19.7 Å². The lowest BCUT2D eigenvalue weighted by Crippen LogP contribution is -2.40. The first kappa shape index (κ1) is 14.2. The number of rotatable bonds is 4. The summed E-state index contributed by atoms with van der Waals surface area (Å²) in [5.74, 6) is 1.29. The molecule has 0 spiro atoms. The molecule has 0 unspecified atom stereocenters. The first-order valence-electron chi connectivity index (χ1n) is 6.52. The zero-order chi connectivity index (χ0) is 14.7. The third-order valence-electron chi connectivity index (χ3n) is 3.12. The Labute approximate surface area is 118 Å². The molecular formula is C14H19N5O. The summed E-state index contributed by atoms with van der Waals surface area (Å²) in [4.78, 5) is 20.5. The molecule has 0 radical (unpaired) electrons. The zero-order valence-electron chi connectivity index (χ0n) is 11.9. The number of aryl methyl sites for hydroxylation is 1. The van der Waals surface area contributed by atoms with Gasteiger partial charge in [0, 0.05) is 18.6 Å². The topological polar surface area (TPSA) is 85.8 Å². The molecule has 1 amide bonds. The van der Waals surface area contributed by atoms with Gasteiger partial charge in [0.05, 0.1) is 11.7 Å². The van der Waals surface area contributed by atoms with Crippen molar-refractivity contribution in [3.63, 3.8) is 0 Å². The predicted molar refractivity (Wildman–Crippen MR) is 77.5 cm³/mol. The number of pyridine rings is 1. The van der Waals surface area contributed by atoms with Crippen LogP contribution < -0.4 is 11.1 Å². The van der Waals surface area contributed by atoms with Gasteiger partial charge in [0.25, 0.3) is 0 Å². The van der Waals surface area contributed by atoms with Crippen LogP contribution in [0.5, 0.6) is 0 Å². The summed E-state index contributed by atoms with van der Waals surface area (Å²) in [5.41, 5.74) is 6.47. The van der Waals surface area contributed by atoms with E-state index in [1.165, 1.54) is 0 Å². The van der Waals surface area contributed by atoms with Gasteiger partial charge in [0.15, 0.2) is 5.82 Å². The van der Waals surface area contributed by atoms with Crippen molar-refractivity contribution in [3.05, 3.63) is 36.5 Å². The van der Waals surface area contributed by atoms with Gasteiger partial charge in [0.1, 0.15) is 5.82 Å². The lowest BCUT2D eigenvalue weighted by Gasteiger charge is -2.17. The van der Waals surface area contributed by atoms with Crippen molar-refractivity contribution in [1.82, 2.24) is 14.5 Å². The molecule has 106 valence electrons. The number of nitrogens with zero attached hydrogens (tertiary/aromatic N) is 3. The number of carbonyl (C=O) groups is 1. The maximum absolute atomic E-state index is 12.1. The van der Waals surface area contributed by atoms with Crippen LogP contribution in [-0.2, 0) is 4.79 Å². The van der Waals surface area contributed by atoms with Crippen molar-refractivity contribution in [2.75, 3.05) is 5.32 Å². The molecule has 1 atom stereocenters. The Morgan fingerprint density at radius 1 is 1.35 bits per heavy atom. The van der Waals surface area contributed by atoms with E-state index >= 15 is 0 Å². The number of nitrogens with one attached hydrogen (secondary N) is 1. The monoisotopic (exact) mass is 273 g/mol. The van der Waals surface area contributed by atoms with Gasteiger partial charge < -0.3 is 11.1 Å². The van der Waals surface area contributed by atoms with E-state index in [1.54, 1.807) is 30.7 Å². The summed E-state index contributed by atoms with van der Waals surface area (Å²) < 4.78 is 1.82. The van der Waals surface area contributed by atoms with Gasteiger partial charge in [-0.25, -0.2) is 9.97 Å². The molecule has 2 aromatic rings. The van der Waals surface area contributed by atoms with E-state index in [-0.39, 0.29) is 11.8 Å². The molecule has 2 aromatic heterocycles. The number of nitrogens with two attached hydrogens (primary N) is 1. The van der Waals surface area contributed by atoms with Gasteiger partial charge in [-0.05, 0) is 25.0 Å². The Balaban J connectivity index is 2.30. The number of hydrogen-bond acceptors (Lipinski definition) is 4. The highest BCUT2D eigenvalue weighted by atomic mass is 16.2. The minimum absolute atomic E-state index is 0.0742. The molecule has 0 aromatic carbocycles. The van der Waals surface area contributed by atoms with Gasteiger partial charge in [-0.1, -0.05) is 13.8 Å². The smallest absolute Gasteiger partial charge is 0.241 e. The molecule has 0 aliphatic rings. The molecule has 0 aliphatic carbocycles. The summed E-state index contributed by atoms with van der Waals surface area (Å²) in [6.07, 6.45) is 5.16. The van der Waals surface area contributed by atoms with Crippen molar-refractivity contribution >= 4 is 11.6 Å². The molecule has 6 heteroatoms. The number of amides is 1. The van der Waals surface area contributed by atoms with E-state index in [0.717, 1.165) is 5.82 Å². The van der Waals surface area contributed by atoms with Gasteiger partial charge in [-0.3, -0.25) is 9.36 Å². The Morgan fingerprint density at radius 3 is 2.70 bits per heavy atom. The zero-order valence-corrected chi connectivity index (χ0v) is 11.9. The highest BCUT2D eigenvalue weighted by Crippen LogP contribution is 2.19. The standard InChI is InChI=1S/C14H19N5O/c1-9(2)12(15)14(20)18-11-5-4-6-17-13(11)19-8-7-16-10(19)3/h4-9,12H,15H2,1-3H3,(H,18,20)/t12-/m1/s1. The Morgan fingerprint density at radius 2 is 2.10 bits per heavy atom. The number of imidazole rings is 1. The van der Waals surface area contributed by atoms with E-state index in [0.29, 0.717) is 11.5 Å². The summed E-state index contributed by atoms with van der Waals surface area (Å²) in [6.45, 7) is 5.70. The predicted octanol–water partition coefficient (Wildman–Crippen LogP) is 1.50. The third kappa shape index (κ3) is 2.85. The Kier molecular flexibility index (Phi) is 4.14. The second-order valence-corrected chi connectivity index (χ2v) is 4.98. The number of hydrogen-bond donors (Lipinski definition) is 2. The molecule has 20 heavy (non-hydrogen) atoms. The molecule has 6 nitrogen and oxygen atoms in total. The molecule has 2 heterocycles. The molecule has 3 N–H and O–H groups in total. The minimum atomic E-state index is -0.549. The first-order chi connectivity index (χ1) is 9.50. The fourth-order valence-electron chi connectivity index (χ4n) is 1.81. The normalized spacial score (nSPS) is 12.4. The maximum Gasteiger partial charge on any atom is 0.241 e. The molecule has 0 saturated heterocycles. The maximum atomic E-state index is 12.1. The first-order valence-corrected chi connectivity index (χ1v) is 6.52. The summed E-state index contributed by atoms with van der Waals surface area (Å²) in [5, 5.41) is 2.83. The Hall–Kier alpha value is -2.21. The fourth-order valence-corrected chi connectivity index (χ4v) is 1.81. The van der Waals surface area contributed by atoms with E-state index in [2.05, 4.69) is 15.3 Å². The SMILES string of the molecule is Cc1nccn1-c1ncccc1NC(=O)[C@H](N)C(C)C. The second kappa shape index (κ2) is 5.83. The summed E-state index contributed by atoms with van der Waals surface area (Å²) in [6, 6.07) is 3.02. The van der Waals surface area contributed by atoms with Crippen molar-refractivity contribution in [2.45, 2.75) is 26.8 Å². The number of anilines is 1. The molecule has 0 saturated carbocycles. The van der Waals surface area contributed by atoms with Gasteiger partial charge in [0.2, 0.25) is 5.91 Å². The van der Waals surface area contributed by atoms with Crippen molar-refractivity contribution in [2.24, 2.45) is 11.7 Å². The van der Waals surface area contributed by atoms with Crippen LogP contribution >= 0.6 is 0 Å². The van der Waals surface area contributed by atoms with Gasteiger partial charge in [-0.2, -0.15) is 0 Å². The van der Waals surface area contributed by atoms with Crippen LogP contribution in [0.25, 0.3) is 5.82 Å².